The number of hydrogen-bond acceptors (Lipinski definition) is 0. The Hall–Kier alpha value is -6.50. The van der Waals surface area contributed by atoms with Gasteiger partial charge in [-0.3, -0.25) is 0 Å². The quantitative estimate of drug-likeness (QED) is 0.164. The van der Waals surface area contributed by atoms with Crippen molar-refractivity contribution in [1.29, 1.82) is 0 Å². The molecular formula is C50H32. The zero-order valence-corrected chi connectivity index (χ0v) is 25.1. The molecule has 0 spiro atoms. The second-order valence-electron chi connectivity index (χ2n) is 10.8. The summed E-state index contributed by atoms with van der Waals surface area (Å²) >= 11 is 0. The molecule has 10 rings (SSSR count). The standard InChI is InChI=1S/C50H32/c1-3-14-36-29-39(25-23-33(36)11-1)38-17-9-18-42(31-38)49-45-20-7-8-21-46(45)50(44-22-10-16-35-13-5-6-19-43(35)44)47-28-27-41(32-48(47)49)40-26-24-34-12-2-4-15-37(34)30-40/h1-32H/i1D,2D,3D,4D,5D,6D,7D,8D,9D,10D,11D,12D,13D,14D,15D,16D,17D,18D,20D,21D,22D,23D,24D,25D,26D,27D,28D,29D,30D,31D,32D. The molecule has 0 saturated heterocycles. The van der Waals surface area contributed by atoms with Gasteiger partial charge >= 0.3 is 0 Å². The third kappa shape index (κ3) is 4.69. The van der Waals surface area contributed by atoms with E-state index >= 15 is 0 Å². The topological polar surface area (TPSA) is 0 Å². The van der Waals surface area contributed by atoms with Crippen LogP contribution < -0.4 is 0 Å². The Morgan fingerprint density at radius 2 is 0.760 bits per heavy atom. The van der Waals surface area contributed by atoms with Crippen LogP contribution in [0, 0.1) is 0 Å². The Balaban J connectivity index is 1.57. The van der Waals surface area contributed by atoms with Crippen molar-refractivity contribution in [1.82, 2.24) is 0 Å². The number of fused-ring (bicyclic) bond motifs is 5. The van der Waals surface area contributed by atoms with Gasteiger partial charge in [-0.25, -0.2) is 0 Å². The molecule has 0 saturated carbocycles. The Morgan fingerprint density at radius 1 is 0.260 bits per heavy atom. The van der Waals surface area contributed by atoms with Crippen LogP contribution in [0.2, 0.25) is 0 Å². The highest BCUT2D eigenvalue weighted by Crippen LogP contribution is 2.47. The first-order chi connectivity index (χ1) is 37.7. The van der Waals surface area contributed by atoms with Crippen molar-refractivity contribution in [2.24, 2.45) is 0 Å². The summed E-state index contributed by atoms with van der Waals surface area (Å²) in [6, 6.07) is -29.3. The fourth-order valence-electron chi connectivity index (χ4n) is 5.81. The van der Waals surface area contributed by atoms with Crippen LogP contribution in [0.4, 0.5) is 0 Å². The molecule has 0 bridgehead atoms. The van der Waals surface area contributed by atoms with E-state index in [1.165, 1.54) is 0 Å². The van der Waals surface area contributed by atoms with Crippen LogP contribution >= 0.6 is 0 Å². The van der Waals surface area contributed by atoms with Gasteiger partial charge in [0, 0.05) is 0 Å². The second kappa shape index (κ2) is 11.6. The average molecular weight is 664 g/mol. The molecule has 0 heterocycles. The lowest BCUT2D eigenvalue weighted by Gasteiger charge is -2.20. The normalized spacial score (nSPS) is 20.3. The number of hydrogen-bond donors (Lipinski definition) is 0. The SMILES string of the molecule is [2H]c1cc2c(-c3c4c([2H])c([2H])c([2H])c([2H])c4c(-c4c([2H])c([2H])c([2H])c(-c5c([2H])c([2H])c6c([2H])c([2H])c([2H])c([2H])c6c5[2H])c4[2H])c4c([2H])c(-c5c([2H])c([2H])c6c([2H])c([2H])c([2H])c([2H])c6c5[2H])c([2H])c([2H])c34)c([2H])c([2H])c([2H])c2c([2H])c1[2H]. The summed E-state index contributed by atoms with van der Waals surface area (Å²) in [6.07, 6.45) is 0. The maximum atomic E-state index is 10.3. The summed E-state index contributed by atoms with van der Waals surface area (Å²) in [7, 11) is 0. The van der Waals surface area contributed by atoms with Gasteiger partial charge in [-0.15, -0.1) is 0 Å². The van der Waals surface area contributed by atoms with Crippen LogP contribution in [0.15, 0.2) is 193 Å². The first-order valence-electron chi connectivity index (χ1n) is 30.3. The lowest BCUT2D eigenvalue weighted by molar-refractivity contribution is 1.62. The molecule has 0 heteroatoms. The van der Waals surface area contributed by atoms with Gasteiger partial charge in [-0.05, 0) is 123 Å². The van der Waals surface area contributed by atoms with Crippen molar-refractivity contribution < 1.29 is 42.5 Å². The Kier molecular flexibility index (Phi) is 2.61. The largest absolute Gasteiger partial charge is 0.0636 e. The number of benzene rings is 10. The first-order valence-corrected chi connectivity index (χ1v) is 14.8. The van der Waals surface area contributed by atoms with E-state index in [9.17, 15) is 19.2 Å². The molecule has 0 aromatic heterocycles. The molecule has 10 aromatic carbocycles. The Morgan fingerprint density at radius 3 is 1.50 bits per heavy atom. The summed E-state index contributed by atoms with van der Waals surface area (Å²) < 4.78 is 282. The van der Waals surface area contributed by atoms with Gasteiger partial charge in [0.05, 0.1) is 42.5 Å². The van der Waals surface area contributed by atoms with Crippen LogP contribution in [0.5, 0.6) is 0 Å². The molecule has 0 amide bonds. The summed E-state index contributed by atoms with van der Waals surface area (Å²) in [5, 5.41) is -7.01. The molecule has 0 atom stereocenters. The van der Waals surface area contributed by atoms with Crippen LogP contribution in [-0.4, -0.2) is 0 Å². The summed E-state index contributed by atoms with van der Waals surface area (Å²) in [5.74, 6) is 0. The van der Waals surface area contributed by atoms with Crippen LogP contribution in [0.25, 0.3) is 98.4 Å². The van der Waals surface area contributed by atoms with Crippen LogP contribution in [-0.2, 0) is 0 Å². The van der Waals surface area contributed by atoms with Gasteiger partial charge < -0.3 is 0 Å². The van der Waals surface area contributed by atoms with Gasteiger partial charge in [0.15, 0.2) is 0 Å². The minimum Gasteiger partial charge on any atom is -0.0616 e. The molecule has 0 aliphatic heterocycles. The third-order valence-electron chi connectivity index (χ3n) is 8.01. The van der Waals surface area contributed by atoms with Gasteiger partial charge in [-0.2, -0.15) is 0 Å². The molecule has 0 fully saturated rings. The van der Waals surface area contributed by atoms with Crippen LogP contribution in [0.3, 0.4) is 0 Å². The number of rotatable bonds is 4. The average Bonchev–Trinajstić information content (AvgIpc) is 3.61. The zero-order valence-electron chi connectivity index (χ0n) is 56.1. The molecule has 0 radical (unpaired) electrons. The predicted molar refractivity (Wildman–Crippen MR) is 216 cm³/mol. The van der Waals surface area contributed by atoms with E-state index in [1.807, 2.05) is 0 Å². The molecule has 0 unspecified atom stereocenters. The zero-order chi connectivity index (χ0) is 60.0. The molecule has 0 N–H and O–H groups in total. The minimum absolute atomic E-state index is 0.469. The fraction of sp³-hybridized carbons (Fsp3) is 0. The third-order valence-corrected chi connectivity index (χ3v) is 8.01. The summed E-state index contributed by atoms with van der Waals surface area (Å²) in [4.78, 5) is 0. The highest BCUT2D eigenvalue weighted by atomic mass is 14.2. The van der Waals surface area contributed by atoms with E-state index < -0.39 is 286 Å². The van der Waals surface area contributed by atoms with Crippen molar-refractivity contribution in [3.8, 4) is 44.5 Å². The van der Waals surface area contributed by atoms with E-state index in [1.54, 1.807) is 0 Å². The summed E-state index contributed by atoms with van der Waals surface area (Å²) in [6.45, 7) is 0. The highest BCUT2D eigenvalue weighted by Gasteiger charge is 2.19. The Labute approximate surface area is 335 Å². The van der Waals surface area contributed by atoms with E-state index in [-0.39, 0.29) is 0 Å². The molecule has 232 valence electrons. The molecule has 0 aliphatic carbocycles. The van der Waals surface area contributed by atoms with Crippen molar-refractivity contribution in [2.75, 3.05) is 0 Å². The van der Waals surface area contributed by atoms with Crippen molar-refractivity contribution in [3.05, 3.63) is 193 Å². The van der Waals surface area contributed by atoms with Gasteiger partial charge in [0.1, 0.15) is 0 Å². The Bertz CT molecular complexity index is 4690. The van der Waals surface area contributed by atoms with Gasteiger partial charge in [0.25, 0.3) is 0 Å². The maximum absolute atomic E-state index is 10.3. The molecule has 50 heavy (non-hydrogen) atoms. The minimum atomic E-state index is -1.18. The molecule has 0 nitrogen and oxygen atoms in total. The second-order valence-corrected chi connectivity index (χ2v) is 10.8. The van der Waals surface area contributed by atoms with E-state index in [2.05, 4.69) is 0 Å². The van der Waals surface area contributed by atoms with Crippen molar-refractivity contribution >= 4 is 53.9 Å². The molecule has 10 aromatic rings. The monoisotopic (exact) mass is 663 g/mol. The van der Waals surface area contributed by atoms with E-state index in [4.69, 9.17) is 23.3 Å². The fourth-order valence-corrected chi connectivity index (χ4v) is 5.81. The van der Waals surface area contributed by atoms with E-state index in [0.717, 1.165) is 6.07 Å². The smallest absolute Gasteiger partial charge is 0.0616 e. The highest BCUT2D eigenvalue weighted by molar-refractivity contribution is 6.24. The van der Waals surface area contributed by atoms with E-state index in [0.29, 0.717) is 0 Å². The molecular weight excluding hydrogens is 601 g/mol. The van der Waals surface area contributed by atoms with Gasteiger partial charge in [0.2, 0.25) is 0 Å². The molecule has 0 aliphatic rings. The lowest BCUT2D eigenvalue weighted by Crippen LogP contribution is -1.93. The van der Waals surface area contributed by atoms with Gasteiger partial charge in [-0.1, -0.05) is 169 Å². The first kappa shape index (κ1) is 11.3. The van der Waals surface area contributed by atoms with Crippen molar-refractivity contribution in [2.45, 2.75) is 0 Å². The maximum Gasteiger partial charge on any atom is 0.0636 e. The predicted octanol–water partition coefficient (Wildman–Crippen LogP) is 14.1. The van der Waals surface area contributed by atoms with Crippen LogP contribution in [0.1, 0.15) is 42.5 Å². The lowest BCUT2D eigenvalue weighted by atomic mass is 9.83. The summed E-state index contributed by atoms with van der Waals surface area (Å²) in [5.41, 5.74) is -7.02. The van der Waals surface area contributed by atoms with Crippen molar-refractivity contribution in [3.63, 3.8) is 0 Å².